The molecule has 0 aromatic carbocycles. The van der Waals surface area contributed by atoms with E-state index in [0.717, 1.165) is 17.3 Å². The van der Waals surface area contributed by atoms with E-state index in [2.05, 4.69) is 7.05 Å². The summed E-state index contributed by atoms with van der Waals surface area (Å²) in [4.78, 5) is 1.75. The van der Waals surface area contributed by atoms with Gasteiger partial charge in [-0.3, -0.25) is 7.05 Å². The van der Waals surface area contributed by atoms with Gasteiger partial charge in [-0.15, -0.1) is 0 Å². The zero-order valence-electron chi connectivity index (χ0n) is 4.24. The quantitative estimate of drug-likeness (QED) is 0.376. The molecule has 0 amide bonds. The van der Waals surface area contributed by atoms with E-state index in [1.165, 1.54) is 0 Å². The van der Waals surface area contributed by atoms with E-state index in [4.69, 9.17) is 9.69 Å². The fourth-order valence-electron chi connectivity index (χ4n) is 0. The van der Waals surface area contributed by atoms with Crippen LogP contribution in [-0.4, -0.2) is 19.0 Å². The van der Waals surface area contributed by atoms with Crippen molar-refractivity contribution in [2.24, 2.45) is 0 Å². The van der Waals surface area contributed by atoms with Crippen molar-refractivity contribution in [1.82, 2.24) is 4.90 Å². The van der Waals surface area contributed by atoms with Gasteiger partial charge in [-0.1, -0.05) is 0 Å². The summed E-state index contributed by atoms with van der Waals surface area (Å²) in [5, 5.41) is 0. The fourth-order valence-corrected chi connectivity index (χ4v) is 0. The zero-order chi connectivity index (χ0) is 5.58. The molecule has 34 valence electrons. The van der Waals surface area contributed by atoms with Crippen LogP contribution in [-0.2, 0) is 17.3 Å². The Morgan fingerprint density at radius 3 is 1.50 bits per heavy atom. The second-order valence-corrected chi connectivity index (χ2v) is 1.08. The summed E-state index contributed by atoms with van der Waals surface area (Å²) in [5.41, 5.74) is 0. The fraction of sp³-hybridized carbons (Fsp3) is 0.667. The minimum absolute atomic E-state index is 0.847. The van der Waals surface area contributed by atoms with Crippen LogP contribution in [0.25, 0.3) is 0 Å². The summed E-state index contributed by atoms with van der Waals surface area (Å²) in [6.07, 6.45) is 0. The van der Waals surface area contributed by atoms with Crippen molar-refractivity contribution in [1.29, 1.82) is 0 Å². The molecule has 0 rings (SSSR count). The third-order valence-corrected chi connectivity index (χ3v) is 0. The van der Waals surface area contributed by atoms with Gasteiger partial charge in [0, 0.05) is 0 Å². The first-order valence-corrected chi connectivity index (χ1v) is 5.38. The molecule has 0 radical (unpaired) electrons. The number of rotatable bonds is 0. The van der Waals surface area contributed by atoms with Gasteiger partial charge in [-0.2, -0.15) is 0 Å². The molecule has 0 aromatic heterocycles. The average Bonchev–Trinajstić information content (AvgIpc) is 1.41. The maximum absolute atomic E-state index is 4.76. The molecule has 0 saturated heterocycles. The van der Waals surface area contributed by atoms with Crippen molar-refractivity contribution in [3.05, 3.63) is 7.05 Å². The Balaban J connectivity index is 0. The van der Waals surface area contributed by atoms with Crippen LogP contribution in [0.5, 0.6) is 0 Å². The molecule has 0 aliphatic rings. The molecule has 0 aromatic rings. The molecule has 1 nitrogen and oxygen atoms in total. The second-order valence-electron chi connectivity index (χ2n) is 1.08. The summed E-state index contributed by atoms with van der Waals surface area (Å²) in [6.45, 7) is 0. The summed E-state index contributed by atoms with van der Waals surface area (Å²) in [5.74, 6) is 0. The van der Waals surface area contributed by atoms with Crippen LogP contribution in [0.2, 0.25) is 0 Å². The standard InChI is InChI=1S/C3H8N.ClH.Zn/c1-4(2)3;;/h1H2,2-3H3;1H;/q-1;;+2/p-1. The third-order valence-electron chi connectivity index (χ3n) is 0. The molecule has 0 fully saturated rings. The molecule has 0 bridgehead atoms. The minimum atomic E-state index is 0.847. The van der Waals surface area contributed by atoms with Crippen LogP contribution < -0.4 is 0 Å². The van der Waals surface area contributed by atoms with E-state index in [-0.39, 0.29) is 0 Å². The Bertz CT molecular complexity index is 15.5. The van der Waals surface area contributed by atoms with Gasteiger partial charge in [0.25, 0.3) is 0 Å². The van der Waals surface area contributed by atoms with E-state index in [1.807, 2.05) is 14.1 Å². The van der Waals surface area contributed by atoms with Crippen molar-refractivity contribution < 1.29 is 17.3 Å². The molecule has 0 N–H and O–H groups in total. The topological polar surface area (TPSA) is 3.24 Å². The van der Waals surface area contributed by atoms with Crippen molar-refractivity contribution in [2.75, 3.05) is 14.1 Å². The maximum atomic E-state index is 4.76. The third kappa shape index (κ3) is 95.9. The molecule has 0 atom stereocenters. The first-order chi connectivity index (χ1) is 2.73. The Kier molecular flexibility index (Phi) is 15.5. The van der Waals surface area contributed by atoms with Crippen LogP contribution in [0, 0.1) is 7.05 Å². The van der Waals surface area contributed by atoms with Gasteiger partial charge in [0.2, 0.25) is 0 Å². The second kappa shape index (κ2) is 9.30. The first kappa shape index (κ1) is 9.98. The van der Waals surface area contributed by atoms with Gasteiger partial charge in [-0.25, -0.2) is 0 Å². The average molecular weight is 159 g/mol. The van der Waals surface area contributed by atoms with Gasteiger partial charge in [0.1, 0.15) is 0 Å². The normalized spacial score (nSPS) is 7.17. The first-order valence-electron chi connectivity index (χ1n) is 1.48. The van der Waals surface area contributed by atoms with Gasteiger partial charge in [0.15, 0.2) is 0 Å². The molecule has 6 heavy (non-hydrogen) atoms. The number of hydrogen-bond acceptors (Lipinski definition) is 1. The van der Waals surface area contributed by atoms with Gasteiger partial charge >= 0.3 is 27.0 Å². The summed E-state index contributed by atoms with van der Waals surface area (Å²) >= 11 is 0.847. The molecule has 3 heteroatoms. The summed E-state index contributed by atoms with van der Waals surface area (Å²) < 4.78 is 0. The van der Waals surface area contributed by atoms with Crippen molar-refractivity contribution in [3.63, 3.8) is 0 Å². The van der Waals surface area contributed by atoms with E-state index in [9.17, 15) is 0 Å². The zero-order valence-corrected chi connectivity index (χ0v) is 7.96. The van der Waals surface area contributed by atoms with Gasteiger partial charge in [0.05, 0.1) is 0 Å². The Morgan fingerprint density at radius 2 is 1.50 bits per heavy atom. The van der Waals surface area contributed by atoms with Crippen LogP contribution in [0.15, 0.2) is 0 Å². The monoisotopic (exact) mass is 157 g/mol. The van der Waals surface area contributed by atoms with Gasteiger partial charge < -0.3 is 4.90 Å². The van der Waals surface area contributed by atoms with Crippen LogP contribution >= 0.6 is 9.69 Å². The molecule has 0 aliphatic carbocycles. The SMILES string of the molecule is [CH2-]N(C)C.[Cl][Zn+]. The number of halogens is 1. The van der Waals surface area contributed by atoms with Crippen molar-refractivity contribution in [2.45, 2.75) is 0 Å². The van der Waals surface area contributed by atoms with Crippen LogP contribution in [0.4, 0.5) is 0 Å². The van der Waals surface area contributed by atoms with Crippen molar-refractivity contribution >= 4 is 9.69 Å². The molecular weight excluding hydrogens is 151 g/mol. The molecule has 0 saturated carbocycles. The van der Waals surface area contributed by atoms with Crippen LogP contribution in [0.1, 0.15) is 0 Å². The Hall–Kier alpha value is 0.873. The Labute approximate surface area is 53.4 Å². The summed E-state index contributed by atoms with van der Waals surface area (Å²) in [7, 11) is 12.0. The predicted octanol–water partition coefficient (Wildman–Crippen LogP) is 1.03. The number of hydrogen-bond donors (Lipinski definition) is 0. The molecule has 0 spiro atoms. The van der Waals surface area contributed by atoms with Crippen LogP contribution in [0.3, 0.4) is 0 Å². The molecule has 0 heterocycles. The Morgan fingerprint density at radius 1 is 1.50 bits per heavy atom. The van der Waals surface area contributed by atoms with E-state index in [1.54, 1.807) is 4.90 Å². The van der Waals surface area contributed by atoms with E-state index in [0.29, 0.717) is 0 Å². The number of nitrogens with zero attached hydrogens (tertiary/aromatic N) is 1. The predicted molar refractivity (Wildman–Crippen MR) is 24.9 cm³/mol. The molecule has 0 unspecified atom stereocenters. The molecule has 0 aliphatic heterocycles. The van der Waals surface area contributed by atoms with Crippen molar-refractivity contribution in [3.8, 4) is 0 Å². The van der Waals surface area contributed by atoms with E-state index < -0.39 is 0 Å². The van der Waals surface area contributed by atoms with Gasteiger partial charge in [-0.05, 0) is 14.1 Å². The molecular formula is C3H8ClNZn. The van der Waals surface area contributed by atoms with E-state index >= 15 is 0 Å². The summed E-state index contributed by atoms with van der Waals surface area (Å²) in [6, 6.07) is 0.